The van der Waals surface area contributed by atoms with E-state index in [0.717, 1.165) is 18.9 Å². The first-order chi connectivity index (χ1) is 21.2. The van der Waals surface area contributed by atoms with Crippen molar-refractivity contribution in [2.24, 2.45) is 4.36 Å². The fourth-order valence-corrected chi connectivity index (χ4v) is 7.04. The number of nitrogens with zero attached hydrogens (tertiary/aromatic N) is 7. The predicted octanol–water partition coefficient (Wildman–Crippen LogP) is 4.19. The zero-order chi connectivity index (χ0) is 32.8. The van der Waals surface area contributed by atoms with Crippen molar-refractivity contribution in [3.05, 3.63) is 27.9 Å². The van der Waals surface area contributed by atoms with Gasteiger partial charge in [0, 0.05) is 47.5 Å². The lowest BCUT2D eigenvalue weighted by Gasteiger charge is -2.34. The SMILES string of the molecule is C.CS(=N)(=O)C1COC1.C[C@@H]1COCCN1c1cc(Cl)nc(Cl)n1.C[C@@H]1COCCN1c1cc(N=S(C)(=O)C2COC2)nc(Cl)n1. The highest BCUT2D eigenvalue weighted by molar-refractivity contribution is 7.93. The van der Waals surface area contributed by atoms with Crippen LogP contribution in [-0.2, 0) is 38.4 Å². The smallest absolute Gasteiger partial charge is 0.226 e. The summed E-state index contributed by atoms with van der Waals surface area (Å²) in [5.41, 5.74) is 0. The first kappa shape index (κ1) is 38.8. The second-order valence-corrected chi connectivity index (χ2v) is 17.2. The lowest BCUT2D eigenvalue weighted by Crippen LogP contribution is -2.44. The minimum Gasteiger partial charge on any atom is -0.379 e. The first-order valence-electron chi connectivity index (χ1n) is 14.3. The maximum Gasteiger partial charge on any atom is 0.226 e. The summed E-state index contributed by atoms with van der Waals surface area (Å²) >= 11 is 17.6. The highest BCUT2D eigenvalue weighted by Crippen LogP contribution is 2.26. The predicted molar refractivity (Wildman–Crippen MR) is 183 cm³/mol. The van der Waals surface area contributed by atoms with E-state index in [1.807, 2.05) is 0 Å². The van der Waals surface area contributed by atoms with Crippen molar-refractivity contribution in [1.29, 1.82) is 4.78 Å². The molecule has 4 saturated heterocycles. The van der Waals surface area contributed by atoms with E-state index in [1.165, 1.54) is 6.26 Å². The molecule has 2 aromatic rings. The van der Waals surface area contributed by atoms with Crippen molar-refractivity contribution >= 4 is 71.7 Å². The fourth-order valence-electron chi connectivity index (χ4n) is 4.45. The Hall–Kier alpha value is -1.63. The van der Waals surface area contributed by atoms with Gasteiger partial charge in [-0.1, -0.05) is 19.0 Å². The number of rotatable bonds is 5. The van der Waals surface area contributed by atoms with Gasteiger partial charge in [0.25, 0.3) is 0 Å². The quantitative estimate of drug-likeness (QED) is 0.343. The highest BCUT2D eigenvalue weighted by Gasteiger charge is 2.28. The van der Waals surface area contributed by atoms with Crippen LogP contribution in [0.5, 0.6) is 0 Å². The van der Waals surface area contributed by atoms with E-state index >= 15 is 0 Å². The number of hydrogen-bond donors (Lipinski definition) is 1. The van der Waals surface area contributed by atoms with E-state index in [0.29, 0.717) is 69.6 Å². The normalized spacial score (nSPS) is 24.2. The highest BCUT2D eigenvalue weighted by atomic mass is 35.5. The van der Waals surface area contributed by atoms with Gasteiger partial charge in [0.15, 0.2) is 5.82 Å². The van der Waals surface area contributed by atoms with E-state index < -0.39 is 19.5 Å². The third-order valence-electron chi connectivity index (χ3n) is 7.39. The van der Waals surface area contributed by atoms with Crippen LogP contribution in [0.4, 0.5) is 17.5 Å². The molecule has 0 aliphatic carbocycles. The third kappa shape index (κ3) is 11.0. The maximum absolute atomic E-state index is 12.6. The van der Waals surface area contributed by atoms with Crippen LogP contribution in [0.25, 0.3) is 0 Å². The van der Waals surface area contributed by atoms with Gasteiger partial charge in [-0.25, -0.2) is 23.4 Å². The number of hydrogen-bond acceptors (Lipinski definition) is 14. The lowest BCUT2D eigenvalue weighted by molar-refractivity contribution is 0.0429. The summed E-state index contributed by atoms with van der Waals surface area (Å²) in [5, 5.41) is 0.601. The number of ether oxygens (including phenoxy) is 4. The van der Waals surface area contributed by atoms with Crippen LogP contribution in [0.2, 0.25) is 15.7 Å². The Bertz CT molecular complexity index is 1520. The minimum absolute atomic E-state index is 0. The van der Waals surface area contributed by atoms with Gasteiger partial charge in [-0.15, -0.1) is 0 Å². The van der Waals surface area contributed by atoms with Crippen molar-refractivity contribution in [2.75, 3.05) is 88.3 Å². The average molecular weight is 746 g/mol. The summed E-state index contributed by atoms with van der Waals surface area (Å²) < 4.78 is 55.3. The van der Waals surface area contributed by atoms with Gasteiger partial charge in [-0.2, -0.15) is 9.35 Å². The molecule has 0 spiro atoms. The molecular formula is C27H43Cl3N8O6S2. The molecule has 0 radical (unpaired) electrons. The summed E-state index contributed by atoms with van der Waals surface area (Å²) in [4.78, 5) is 20.5. The Morgan fingerprint density at radius 3 is 1.63 bits per heavy atom. The van der Waals surface area contributed by atoms with E-state index in [9.17, 15) is 8.42 Å². The van der Waals surface area contributed by atoms with Crippen molar-refractivity contribution < 1.29 is 27.4 Å². The standard InChI is InChI=1S/C13H19ClN4O3S.C9H11Cl2N3O.C4H9NO2S.CH4/c1-9-6-20-4-3-18(9)12-5-11(15-13(14)16-12)17-22(2,19)10-7-21-8-10;1-6-5-15-3-2-14(6)8-4-7(10)12-9(11)13-8;1-8(5,6)4-2-7-3-4;/h5,9-10H,3-4,6-8H2,1-2H3;4,6H,2-3,5H2,1H3;4-5H,2-3H2,1H3;1H4/t9-,22?;6-;;/m11../s1. The van der Waals surface area contributed by atoms with Crippen LogP contribution in [0.3, 0.4) is 0 Å². The van der Waals surface area contributed by atoms with Gasteiger partial charge in [0.1, 0.15) is 16.8 Å². The van der Waals surface area contributed by atoms with Gasteiger partial charge >= 0.3 is 0 Å². The lowest BCUT2D eigenvalue weighted by atomic mass is 10.2. The molecular weight excluding hydrogens is 703 g/mol. The molecule has 0 aromatic carbocycles. The molecule has 1 N–H and O–H groups in total. The molecule has 0 bridgehead atoms. The fraction of sp³-hybridized carbons (Fsp3) is 0.704. The zero-order valence-electron chi connectivity index (χ0n) is 25.6. The molecule has 4 atom stereocenters. The Morgan fingerprint density at radius 1 is 0.761 bits per heavy atom. The number of anilines is 2. The molecule has 260 valence electrons. The monoisotopic (exact) mass is 744 g/mol. The maximum atomic E-state index is 12.6. The summed E-state index contributed by atoms with van der Waals surface area (Å²) in [5.74, 6) is 1.80. The molecule has 6 rings (SSSR count). The van der Waals surface area contributed by atoms with Gasteiger partial charge in [0.05, 0.1) is 85.2 Å². The van der Waals surface area contributed by atoms with Gasteiger partial charge < -0.3 is 28.7 Å². The largest absolute Gasteiger partial charge is 0.379 e. The molecule has 14 nitrogen and oxygen atoms in total. The number of morpholine rings is 2. The molecule has 4 fully saturated rings. The molecule has 46 heavy (non-hydrogen) atoms. The summed E-state index contributed by atoms with van der Waals surface area (Å²) in [6.07, 6.45) is 3.09. The number of nitrogens with one attached hydrogen (secondary N) is 1. The minimum atomic E-state index is -2.40. The summed E-state index contributed by atoms with van der Waals surface area (Å²) in [7, 11) is -4.69. The summed E-state index contributed by atoms with van der Waals surface area (Å²) in [6.45, 7) is 10.3. The van der Waals surface area contributed by atoms with E-state index in [1.54, 1.807) is 18.4 Å². The molecule has 0 saturated carbocycles. The molecule has 2 aromatic heterocycles. The molecule has 0 amide bonds. The van der Waals surface area contributed by atoms with Crippen LogP contribution in [-0.4, -0.2) is 129 Å². The Balaban J connectivity index is 0.000000207. The molecule has 6 heterocycles. The topological polar surface area (TPSA) is 165 Å². The average Bonchev–Trinajstić information content (AvgIpc) is 2.85. The zero-order valence-corrected chi connectivity index (χ0v) is 29.5. The van der Waals surface area contributed by atoms with Crippen LogP contribution >= 0.6 is 34.8 Å². The molecule has 4 aliphatic heterocycles. The van der Waals surface area contributed by atoms with Crippen molar-refractivity contribution in [2.45, 2.75) is 43.9 Å². The molecule has 2 unspecified atom stereocenters. The Morgan fingerprint density at radius 2 is 1.24 bits per heavy atom. The molecule has 19 heteroatoms. The Labute approximate surface area is 287 Å². The van der Waals surface area contributed by atoms with Gasteiger partial charge in [-0.05, 0) is 37.0 Å². The van der Waals surface area contributed by atoms with E-state index in [2.05, 4.69) is 47.9 Å². The van der Waals surface area contributed by atoms with Gasteiger partial charge in [0.2, 0.25) is 10.6 Å². The van der Waals surface area contributed by atoms with Crippen LogP contribution in [0, 0.1) is 4.78 Å². The first-order valence-corrected chi connectivity index (χ1v) is 19.4. The Kier molecular flexibility index (Phi) is 14.5. The van der Waals surface area contributed by atoms with Crippen molar-refractivity contribution in [3.63, 3.8) is 0 Å². The van der Waals surface area contributed by atoms with Crippen LogP contribution in [0.15, 0.2) is 16.5 Å². The molecule has 4 aliphatic rings. The van der Waals surface area contributed by atoms with E-state index in [4.69, 9.17) is 58.5 Å². The van der Waals surface area contributed by atoms with E-state index in [-0.39, 0.29) is 40.6 Å². The second-order valence-electron chi connectivity index (χ2n) is 11.1. The van der Waals surface area contributed by atoms with Crippen molar-refractivity contribution in [1.82, 2.24) is 19.9 Å². The second kappa shape index (κ2) is 17.2. The summed E-state index contributed by atoms with van der Waals surface area (Å²) in [6, 6.07) is 3.92. The van der Waals surface area contributed by atoms with Crippen molar-refractivity contribution in [3.8, 4) is 0 Å². The number of halogens is 3. The van der Waals surface area contributed by atoms with Gasteiger partial charge in [-0.3, -0.25) is 4.78 Å². The third-order valence-corrected chi connectivity index (χ3v) is 11.5. The van der Waals surface area contributed by atoms with Crippen LogP contribution < -0.4 is 9.80 Å². The van der Waals surface area contributed by atoms with Crippen LogP contribution in [0.1, 0.15) is 21.3 Å². The number of aromatic nitrogens is 4.